The zero-order valence-electron chi connectivity index (χ0n) is 41.6. The number of methoxy groups -OCH3 is 2. The third-order valence-corrected chi connectivity index (χ3v) is 13.6. The van der Waals surface area contributed by atoms with Gasteiger partial charge in [-0.1, -0.05) is 89.8 Å². The smallest absolute Gasteiger partial charge is 0.333 e. The maximum atomic E-state index is 12.7. The molecule has 2 aromatic carbocycles. The van der Waals surface area contributed by atoms with Gasteiger partial charge in [0, 0.05) is 11.1 Å². The summed E-state index contributed by atoms with van der Waals surface area (Å²) in [6.45, 7) is 13.1. The van der Waals surface area contributed by atoms with E-state index >= 15 is 0 Å². The van der Waals surface area contributed by atoms with Gasteiger partial charge in [0.2, 0.25) is 0 Å². The molecule has 0 bridgehead atoms. The van der Waals surface area contributed by atoms with Gasteiger partial charge in [0.1, 0.15) is 50.4 Å². The summed E-state index contributed by atoms with van der Waals surface area (Å²) in [5.41, 5.74) is 4.30. The normalized spacial score (nSPS) is 18.1. The molecule has 0 spiro atoms. The zero-order chi connectivity index (χ0) is 49.6. The first-order chi connectivity index (χ1) is 32.6. The fraction of sp³-hybridized carbons (Fsp3) is 0.600. The Balaban J connectivity index is 1.59. The van der Waals surface area contributed by atoms with Crippen molar-refractivity contribution in [3.8, 4) is 16.9 Å². The molecular weight excluding hydrogens is 869 g/mol. The summed E-state index contributed by atoms with van der Waals surface area (Å²) in [6, 6.07) is 12.7. The van der Waals surface area contributed by atoms with E-state index in [1.165, 1.54) is 95.1 Å². The fourth-order valence-corrected chi connectivity index (χ4v) is 9.40. The van der Waals surface area contributed by atoms with Gasteiger partial charge < -0.3 is 33.2 Å². The zero-order valence-corrected chi connectivity index (χ0v) is 41.6. The Morgan fingerprint density at radius 2 is 1.19 bits per heavy atom. The van der Waals surface area contributed by atoms with Crippen LogP contribution in [0.15, 0.2) is 60.7 Å². The summed E-state index contributed by atoms with van der Waals surface area (Å²) >= 11 is 0. The quantitative estimate of drug-likeness (QED) is 0.0273. The van der Waals surface area contributed by atoms with E-state index in [1.807, 2.05) is 18.2 Å². The Kier molecular flexibility index (Phi) is 22.8. The number of rotatable bonds is 27. The summed E-state index contributed by atoms with van der Waals surface area (Å²) in [5, 5.41) is 0. The molecule has 2 aromatic rings. The average molecular weight is 945 g/mol. The topological polar surface area (TPSA) is 167 Å². The largest absolute Gasteiger partial charge is 0.492 e. The van der Waals surface area contributed by atoms with E-state index < -0.39 is 73.9 Å². The molecule has 0 aromatic heterocycles. The van der Waals surface area contributed by atoms with Crippen LogP contribution in [0.25, 0.3) is 11.1 Å². The van der Waals surface area contributed by atoms with E-state index in [4.69, 9.17) is 23.7 Å². The molecule has 2 aliphatic rings. The fourth-order valence-electron chi connectivity index (χ4n) is 9.40. The number of benzene rings is 2. The highest BCUT2D eigenvalue weighted by atomic mass is 16.6. The van der Waals surface area contributed by atoms with Crippen LogP contribution in [0, 0.1) is 23.2 Å². The van der Waals surface area contributed by atoms with Gasteiger partial charge in [-0.3, -0.25) is 19.2 Å². The van der Waals surface area contributed by atoms with Crippen LogP contribution in [0.1, 0.15) is 147 Å². The maximum absolute atomic E-state index is 12.7. The van der Waals surface area contributed by atoms with Gasteiger partial charge in [-0.25, -0.2) is 9.59 Å². The average Bonchev–Trinajstić information content (AvgIpc) is 3.34. The lowest BCUT2D eigenvalue weighted by Crippen LogP contribution is -2.44. The molecule has 0 unspecified atom stereocenters. The Morgan fingerprint density at radius 1 is 0.618 bits per heavy atom. The van der Waals surface area contributed by atoms with Crippen molar-refractivity contribution in [2.45, 2.75) is 143 Å². The highest BCUT2D eigenvalue weighted by Crippen LogP contribution is 2.45. The molecule has 2 fully saturated rings. The van der Waals surface area contributed by atoms with Crippen molar-refractivity contribution in [1.29, 1.82) is 0 Å². The molecule has 374 valence electrons. The van der Waals surface area contributed by atoms with E-state index in [0.29, 0.717) is 30.1 Å². The molecule has 0 aliphatic heterocycles. The first-order valence-corrected chi connectivity index (χ1v) is 24.6. The Morgan fingerprint density at radius 3 is 1.75 bits per heavy atom. The number of esters is 6. The number of aryl methyl sites for hydroxylation is 2. The number of ether oxygens (including phenoxy) is 7. The van der Waals surface area contributed by atoms with Crippen molar-refractivity contribution in [2.24, 2.45) is 23.2 Å². The summed E-state index contributed by atoms with van der Waals surface area (Å²) in [5.74, 6) is -1.19. The predicted octanol–water partition coefficient (Wildman–Crippen LogP) is 10.3. The molecule has 0 saturated heterocycles. The molecular formula is C55H76O13. The van der Waals surface area contributed by atoms with E-state index in [0.717, 1.165) is 55.1 Å². The standard InChI is InChI=1S/C55H76O13/c1-9-11-12-14-39-16-18-41(19-17-39)42-20-22-43(23-21-42)44-24-26-47(40(10-2)29-44)45-25-27-48(46(30-45)15-13-28-64-53(60)37(3)4)65-33-55(36-68-54(61)38(5)6,34-66-51(58)31-49(56)62-7)35-67-52(59)32-50(57)63-8/h24-27,29-30,39,41-43H,3,5,9-23,28,31-36H2,1-2,4,6-8H3. The van der Waals surface area contributed by atoms with E-state index in [1.54, 1.807) is 6.92 Å². The van der Waals surface area contributed by atoms with Crippen LogP contribution in [0.4, 0.5) is 0 Å². The van der Waals surface area contributed by atoms with Crippen molar-refractivity contribution in [1.82, 2.24) is 0 Å². The molecule has 0 heterocycles. The maximum Gasteiger partial charge on any atom is 0.333 e. The van der Waals surface area contributed by atoms with Crippen LogP contribution in [-0.4, -0.2) is 83.1 Å². The number of hydrogen-bond donors (Lipinski definition) is 0. The number of carbonyl (C=O) groups excluding carboxylic acids is 6. The lowest BCUT2D eigenvalue weighted by Gasteiger charge is -2.38. The van der Waals surface area contributed by atoms with Crippen molar-refractivity contribution >= 4 is 35.8 Å². The van der Waals surface area contributed by atoms with Gasteiger partial charge in [-0.15, -0.1) is 0 Å². The molecule has 68 heavy (non-hydrogen) atoms. The third-order valence-electron chi connectivity index (χ3n) is 13.6. The Labute approximate surface area is 404 Å². The van der Waals surface area contributed by atoms with Crippen LogP contribution in [-0.2, 0) is 70.0 Å². The number of hydrogen-bond acceptors (Lipinski definition) is 13. The van der Waals surface area contributed by atoms with Crippen LogP contribution in [0.2, 0.25) is 0 Å². The van der Waals surface area contributed by atoms with E-state index in [9.17, 15) is 28.8 Å². The predicted molar refractivity (Wildman–Crippen MR) is 259 cm³/mol. The van der Waals surface area contributed by atoms with Gasteiger partial charge in [0.25, 0.3) is 0 Å². The summed E-state index contributed by atoms with van der Waals surface area (Å²) in [6.07, 6.45) is 16.4. The van der Waals surface area contributed by atoms with Crippen molar-refractivity contribution in [3.05, 3.63) is 77.4 Å². The molecule has 0 radical (unpaired) electrons. The van der Waals surface area contributed by atoms with Gasteiger partial charge in [0.15, 0.2) is 0 Å². The number of carbonyl (C=O) groups is 6. The summed E-state index contributed by atoms with van der Waals surface area (Å²) < 4.78 is 37.6. The number of unbranched alkanes of at least 4 members (excludes halogenated alkanes) is 2. The third kappa shape index (κ3) is 17.6. The minimum atomic E-state index is -1.55. The Hall–Kier alpha value is -5.46. The Bertz CT molecular complexity index is 2000. The molecule has 13 heteroatoms. The minimum Gasteiger partial charge on any atom is -0.492 e. The van der Waals surface area contributed by atoms with Gasteiger partial charge in [0.05, 0.1) is 20.8 Å². The van der Waals surface area contributed by atoms with Gasteiger partial charge in [-0.2, -0.15) is 0 Å². The molecule has 2 saturated carbocycles. The van der Waals surface area contributed by atoms with Crippen LogP contribution in [0.3, 0.4) is 0 Å². The minimum absolute atomic E-state index is 0.0860. The molecule has 0 amide bonds. The van der Waals surface area contributed by atoms with Crippen molar-refractivity contribution in [2.75, 3.05) is 47.3 Å². The van der Waals surface area contributed by atoms with Gasteiger partial charge in [-0.05, 0) is 135 Å². The van der Waals surface area contributed by atoms with E-state index in [-0.39, 0.29) is 18.8 Å². The summed E-state index contributed by atoms with van der Waals surface area (Å²) in [7, 11) is 2.26. The second kappa shape index (κ2) is 28.1. The molecule has 0 atom stereocenters. The van der Waals surface area contributed by atoms with Crippen LogP contribution in [0.5, 0.6) is 5.75 Å². The van der Waals surface area contributed by atoms with Crippen LogP contribution >= 0.6 is 0 Å². The highest BCUT2D eigenvalue weighted by molar-refractivity contribution is 5.91. The van der Waals surface area contributed by atoms with Crippen molar-refractivity contribution < 1.29 is 61.9 Å². The van der Waals surface area contributed by atoms with Crippen molar-refractivity contribution in [3.63, 3.8) is 0 Å². The second-order valence-electron chi connectivity index (χ2n) is 19.0. The first-order valence-electron chi connectivity index (χ1n) is 24.6. The highest BCUT2D eigenvalue weighted by Gasteiger charge is 2.38. The summed E-state index contributed by atoms with van der Waals surface area (Å²) in [4.78, 5) is 74.2. The first kappa shape index (κ1) is 55.1. The lowest BCUT2D eigenvalue weighted by atomic mass is 9.68. The molecule has 13 nitrogen and oxygen atoms in total. The molecule has 4 rings (SSSR count). The van der Waals surface area contributed by atoms with E-state index in [2.05, 4.69) is 54.7 Å². The second-order valence-corrected chi connectivity index (χ2v) is 19.0. The molecule has 0 N–H and O–H groups in total. The lowest BCUT2D eigenvalue weighted by molar-refractivity contribution is -0.165. The van der Waals surface area contributed by atoms with Crippen LogP contribution < -0.4 is 4.74 Å². The van der Waals surface area contributed by atoms with Gasteiger partial charge >= 0.3 is 35.8 Å². The molecule has 2 aliphatic carbocycles. The SMILES string of the molecule is C=C(C)C(=O)OCCCc1cc(-c2ccc(C3CCC(C4CCC(CCCCC)CC4)CC3)cc2CC)ccc1OCC(COC(=O)CC(=O)OC)(COC(=O)CC(=O)OC)COC(=O)C(=C)C. The monoisotopic (exact) mass is 945 g/mol.